The van der Waals surface area contributed by atoms with E-state index in [0.29, 0.717) is 25.9 Å². The van der Waals surface area contributed by atoms with Crippen molar-refractivity contribution in [3.05, 3.63) is 41.1 Å². The summed E-state index contributed by atoms with van der Waals surface area (Å²) in [6, 6.07) is 8.14. The molecule has 1 aromatic carbocycles. The number of benzene rings is 1. The lowest BCUT2D eigenvalue weighted by atomic mass is 9.86. The summed E-state index contributed by atoms with van der Waals surface area (Å²) in [6.45, 7) is 2.23. The zero-order chi connectivity index (χ0) is 19.2. The number of aryl methyl sites for hydroxylation is 1. The van der Waals surface area contributed by atoms with Crippen molar-refractivity contribution < 1.29 is 19.1 Å². The van der Waals surface area contributed by atoms with Crippen LogP contribution in [0.25, 0.3) is 16.5 Å². The van der Waals surface area contributed by atoms with Gasteiger partial charge in [0.15, 0.2) is 0 Å². The molecule has 1 N–H and O–H groups in total. The second-order valence-corrected chi connectivity index (χ2v) is 6.87. The third-order valence-corrected chi connectivity index (χ3v) is 5.17. The van der Waals surface area contributed by atoms with E-state index in [1.54, 1.807) is 0 Å². The normalized spacial score (nSPS) is 14.4. The summed E-state index contributed by atoms with van der Waals surface area (Å²) in [7, 11) is 1.42. The van der Waals surface area contributed by atoms with Gasteiger partial charge in [0.05, 0.1) is 20.1 Å². The largest absolute Gasteiger partial charge is 0.469 e. The van der Waals surface area contributed by atoms with Gasteiger partial charge in [-0.15, -0.1) is 0 Å². The molecule has 5 nitrogen and oxygen atoms in total. The zero-order valence-corrected chi connectivity index (χ0v) is 16.1. The molecule has 0 radical (unpaired) electrons. The molecule has 2 aromatic rings. The number of methoxy groups -OCH3 is 1. The number of allylic oxidation sites excluding steroid dienone is 1. The molecule has 27 heavy (non-hydrogen) atoms. The van der Waals surface area contributed by atoms with Crippen molar-refractivity contribution in [3.8, 4) is 0 Å². The quantitative estimate of drug-likeness (QED) is 0.727. The number of hydrogen-bond acceptors (Lipinski definition) is 4. The number of para-hydroxylation sites is 1. The van der Waals surface area contributed by atoms with Gasteiger partial charge in [0, 0.05) is 23.0 Å². The number of carbonyl (C=O) groups is 2. The van der Waals surface area contributed by atoms with Crippen molar-refractivity contribution in [1.29, 1.82) is 0 Å². The van der Waals surface area contributed by atoms with Crippen LogP contribution in [0.3, 0.4) is 0 Å². The smallest absolute Gasteiger partial charge is 0.309 e. The van der Waals surface area contributed by atoms with E-state index in [1.165, 1.54) is 12.7 Å². The molecule has 0 atom stereocenters. The first kappa shape index (κ1) is 19.2. The average Bonchev–Trinajstić information content (AvgIpc) is 3.05. The van der Waals surface area contributed by atoms with Crippen molar-refractivity contribution in [1.82, 2.24) is 4.98 Å². The van der Waals surface area contributed by atoms with Crippen LogP contribution in [0.4, 0.5) is 0 Å². The Morgan fingerprint density at radius 3 is 2.67 bits per heavy atom. The summed E-state index contributed by atoms with van der Waals surface area (Å²) in [5.74, 6) is -0.380. The van der Waals surface area contributed by atoms with Crippen molar-refractivity contribution in [3.63, 3.8) is 0 Å². The molecule has 1 heterocycles. The number of rotatable bonds is 7. The van der Waals surface area contributed by atoms with E-state index in [0.717, 1.165) is 53.4 Å². The first-order chi connectivity index (χ1) is 13.1. The summed E-state index contributed by atoms with van der Waals surface area (Å²) in [4.78, 5) is 27.3. The standard InChI is InChI=1S/C22H27NO4/c1-3-27-21(25)14-15-8-4-5-9-16(15)22-18(12-13-20(24)26-2)17-10-6-7-11-19(17)23-22/h6-7,10-11,23H,3-5,8-9,12-14H2,1-2H3. The summed E-state index contributed by atoms with van der Waals surface area (Å²) in [5.41, 5.74) is 5.63. The molecule has 1 aliphatic rings. The van der Waals surface area contributed by atoms with Gasteiger partial charge in [-0.25, -0.2) is 0 Å². The van der Waals surface area contributed by atoms with E-state index in [1.807, 2.05) is 19.1 Å². The maximum atomic E-state index is 12.1. The Kier molecular flexibility index (Phi) is 6.32. The minimum atomic E-state index is -0.212. The van der Waals surface area contributed by atoms with Gasteiger partial charge >= 0.3 is 11.9 Å². The SMILES string of the molecule is CCOC(=O)CC1=C(c2[nH]c3ccccc3c2CCC(=O)OC)CCCC1. The lowest BCUT2D eigenvalue weighted by Crippen LogP contribution is -2.10. The average molecular weight is 369 g/mol. The van der Waals surface area contributed by atoms with Gasteiger partial charge in [-0.1, -0.05) is 23.8 Å². The fourth-order valence-corrected chi connectivity index (χ4v) is 3.90. The predicted molar refractivity (Wildman–Crippen MR) is 105 cm³/mol. The Hall–Kier alpha value is -2.56. The molecule has 0 fully saturated rings. The number of ether oxygens (including phenoxy) is 2. The van der Waals surface area contributed by atoms with Crippen LogP contribution in [-0.2, 0) is 25.5 Å². The molecule has 0 unspecified atom stereocenters. The van der Waals surface area contributed by atoms with Crippen molar-refractivity contribution >= 4 is 28.4 Å². The van der Waals surface area contributed by atoms with Gasteiger partial charge in [0.25, 0.3) is 0 Å². The van der Waals surface area contributed by atoms with Crippen molar-refractivity contribution in [2.75, 3.05) is 13.7 Å². The maximum absolute atomic E-state index is 12.1. The first-order valence-corrected chi connectivity index (χ1v) is 9.67. The predicted octanol–water partition coefficient (Wildman–Crippen LogP) is 4.55. The van der Waals surface area contributed by atoms with Gasteiger partial charge in [-0.3, -0.25) is 9.59 Å². The van der Waals surface area contributed by atoms with Gasteiger partial charge in [0.2, 0.25) is 0 Å². The van der Waals surface area contributed by atoms with Gasteiger partial charge < -0.3 is 14.5 Å². The molecular weight excluding hydrogens is 342 g/mol. The second kappa shape index (κ2) is 8.89. The highest BCUT2D eigenvalue weighted by Crippen LogP contribution is 2.38. The monoisotopic (exact) mass is 369 g/mol. The van der Waals surface area contributed by atoms with Gasteiger partial charge in [-0.05, 0) is 56.2 Å². The Morgan fingerprint density at radius 2 is 1.89 bits per heavy atom. The molecule has 0 saturated heterocycles. The molecule has 3 rings (SSSR count). The van der Waals surface area contributed by atoms with Crippen LogP contribution >= 0.6 is 0 Å². The summed E-state index contributed by atoms with van der Waals surface area (Å²) < 4.78 is 9.99. The number of aromatic nitrogens is 1. The molecule has 0 bridgehead atoms. The van der Waals surface area contributed by atoms with Crippen LogP contribution in [0, 0.1) is 0 Å². The van der Waals surface area contributed by atoms with Crippen LogP contribution in [0.1, 0.15) is 56.7 Å². The van der Waals surface area contributed by atoms with E-state index in [4.69, 9.17) is 9.47 Å². The molecule has 0 amide bonds. The highest BCUT2D eigenvalue weighted by molar-refractivity contribution is 5.91. The van der Waals surface area contributed by atoms with E-state index in [9.17, 15) is 9.59 Å². The van der Waals surface area contributed by atoms with Gasteiger partial charge in [0.1, 0.15) is 0 Å². The van der Waals surface area contributed by atoms with Crippen molar-refractivity contribution in [2.24, 2.45) is 0 Å². The van der Waals surface area contributed by atoms with E-state index >= 15 is 0 Å². The summed E-state index contributed by atoms with van der Waals surface area (Å²) in [5, 5.41) is 1.13. The number of esters is 2. The second-order valence-electron chi connectivity index (χ2n) is 6.87. The Balaban J connectivity index is 2.03. The minimum Gasteiger partial charge on any atom is -0.469 e. The molecule has 0 aliphatic heterocycles. The fraction of sp³-hybridized carbons (Fsp3) is 0.455. The van der Waals surface area contributed by atoms with Crippen LogP contribution in [0.2, 0.25) is 0 Å². The van der Waals surface area contributed by atoms with Crippen LogP contribution < -0.4 is 0 Å². The fourth-order valence-electron chi connectivity index (χ4n) is 3.90. The van der Waals surface area contributed by atoms with Crippen LogP contribution in [0.15, 0.2) is 29.8 Å². The summed E-state index contributed by atoms with van der Waals surface area (Å²) in [6.07, 6.45) is 5.35. The highest BCUT2D eigenvalue weighted by Gasteiger charge is 2.22. The molecule has 0 saturated carbocycles. The maximum Gasteiger partial charge on any atom is 0.309 e. The first-order valence-electron chi connectivity index (χ1n) is 9.67. The number of nitrogens with one attached hydrogen (secondary N) is 1. The van der Waals surface area contributed by atoms with Crippen molar-refractivity contribution in [2.45, 2.75) is 51.9 Å². The molecular formula is C22H27NO4. The van der Waals surface area contributed by atoms with E-state index in [2.05, 4.69) is 17.1 Å². The number of H-pyrrole nitrogens is 1. The number of hydrogen-bond donors (Lipinski definition) is 1. The zero-order valence-electron chi connectivity index (χ0n) is 16.1. The Bertz CT molecular complexity index is 862. The summed E-state index contributed by atoms with van der Waals surface area (Å²) >= 11 is 0. The molecule has 5 heteroatoms. The minimum absolute atomic E-state index is 0.167. The van der Waals surface area contributed by atoms with Gasteiger partial charge in [-0.2, -0.15) is 0 Å². The lowest BCUT2D eigenvalue weighted by Gasteiger charge is -2.20. The third kappa shape index (κ3) is 4.41. The topological polar surface area (TPSA) is 68.4 Å². The molecule has 1 aromatic heterocycles. The highest BCUT2D eigenvalue weighted by atomic mass is 16.5. The third-order valence-electron chi connectivity index (χ3n) is 5.17. The molecule has 1 aliphatic carbocycles. The number of fused-ring (bicyclic) bond motifs is 1. The Morgan fingerprint density at radius 1 is 1.11 bits per heavy atom. The lowest BCUT2D eigenvalue weighted by molar-refractivity contribution is -0.142. The van der Waals surface area contributed by atoms with E-state index < -0.39 is 0 Å². The van der Waals surface area contributed by atoms with Crippen LogP contribution in [0.5, 0.6) is 0 Å². The van der Waals surface area contributed by atoms with E-state index in [-0.39, 0.29) is 11.9 Å². The number of aromatic amines is 1. The molecule has 0 spiro atoms. The Labute approximate surface area is 159 Å². The number of carbonyl (C=O) groups excluding carboxylic acids is 2. The van der Waals surface area contributed by atoms with Crippen LogP contribution in [-0.4, -0.2) is 30.6 Å². The molecule has 144 valence electrons.